The van der Waals surface area contributed by atoms with E-state index in [1.807, 2.05) is 11.9 Å². The summed E-state index contributed by atoms with van der Waals surface area (Å²) in [5.41, 5.74) is 2.36. The number of amides is 1. The van der Waals surface area contributed by atoms with Crippen LogP contribution in [-0.2, 0) is 11.3 Å². The Bertz CT molecular complexity index is 472. The minimum Gasteiger partial charge on any atom is -0.341 e. The number of benzene rings is 1. The van der Waals surface area contributed by atoms with Gasteiger partial charge in [0.2, 0.25) is 5.91 Å². The highest BCUT2D eigenvalue weighted by molar-refractivity contribution is 5.83. The fourth-order valence-electron chi connectivity index (χ4n) is 3.14. The average Bonchev–Trinajstić information content (AvgIpc) is 2.97. The van der Waals surface area contributed by atoms with E-state index in [9.17, 15) is 4.79 Å². The van der Waals surface area contributed by atoms with Gasteiger partial charge in [-0.15, -0.1) is 0 Å². The summed E-state index contributed by atoms with van der Waals surface area (Å²) >= 11 is 0. The van der Waals surface area contributed by atoms with Crippen molar-refractivity contribution in [3.05, 3.63) is 35.4 Å². The molecule has 3 nitrogen and oxygen atoms in total. The highest BCUT2D eigenvalue weighted by Gasteiger charge is 2.41. The summed E-state index contributed by atoms with van der Waals surface area (Å²) in [4.78, 5) is 14.7. The van der Waals surface area contributed by atoms with E-state index in [4.69, 9.17) is 0 Å². The maximum absolute atomic E-state index is 12.8. The minimum atomic E-state index is -0.188. The van der Waals surface area contributed by atoms with Gasteiger partial charge in [0.25, 0.3) is 0 Å². The van der Waals surface area contributed by atoms with Crippen LogP contribution in [0.25, 0.3) is 0 Å². The fraction of sp³-hybridized carbons (Fsp3) is 0.611. The van der Waals surface area contributed by atoms with Crippen molar-refractivity contribution < 1.29 is 4.79 Å². The van der Waals surface area contributed by atoms with Crippen molar-refractivity contribution in [3.63, 3.8) is 0 Å². The second-order valence-corrected chi connectivity index (χ2v) is 6.62. The minimum absolute atomic E-state index is 0.188. The zero-order chi connectivity index (χ0) is 15.5. The number of rotatable bonds is 5. The molecule has 0 aliphatic carbocycles. The highest BCUT2D eigenvalue weighted by Crippen LogP contribution is 2.31. The van der Waals surface area contributed by atoms with Crippen LogP contribution in [0, 0.1) is 5.41 Å². The Morgan fingerprint density at radius 1 is 1.33 bits per heavy atom. The van der Waals surface area contributed by atoms with Crippen LogP contribution >= 0.6 is 0 Å². The molecule has 2 rings (SSSR count). The van der Waals surface area contributed by atoms with Gasteiger partial charge < -0.3 is 10.2 Å². The fourth-order valence-corrected chi connectivity index (χ4v) is 3.14. The zero-order valence-corrected chi connectivity index (χ0v) is 13.8. The van der Waals surface area contributed by atoms with E-state index < -0.39 is 0 Å². The van der Waals surface area contributed by atoms with Crippen molar-refractivity contribution in [2.75, 3.05) is 20.1 Å². The third kappa shape index (κ3) is 3.46. The number of carbonyl (C=O) groups excluding carboxylic acids is 1. The lowest BCUT2D eigenvalue weighted by molar-refractivity contribution is -0.140. The third-order valence-corrected chi connectivity index (χ3v) is 4.79. The van der Waals surface area contributed by atoms with Gasteiger partial charge in [-0.25, -0.2) is 0 Å². The van der Waals surface area contributed by atoms with Crippen molar-refractivity contribution in [2.24, 2.45) is 5.41 Å². The second kappa shape index (κ2) is 6.61. The first kappa shape index (κ1) is 16.0. The number of carbonyl (C=O) groups is 1. The quantitative estimate of drug-likeness (QED) is 0.902. The smallest absolute Gasteiger partial charge is 0.230 e. The molecule has 1 aliphatic rings. The first-order valence-corrected chi connectivity index (χ1v) is 8.03. The summed E-state index contributed by atoms with van der Waals surface area (Å²) in [6.07, 6.45) is 1.87. The maximum atomic E-state index is 12.8. The van der Waals surface area contributed by atoms with E-state index >= 15 is 0 Å². The van der Waals surface area contributed by atoms with E-state index in [1.54, 1.807) is 0 Å². The summed E-state index contributed by atoms with van der Waals surface area (Å²) in [5.74, 6) is 0.828. The van der Waals surface area contributed by atoms with E-state index in [0.29, 0.717) is 12.5 Å². The Morgan fingerprint density at radius 2 is 2.00 bits per heavy atom. The van der Waals surface area contributed by atoms with Crippen LogP contribution in [0.3, 0.4) is 0 Å². The van der Waals surface area contributed by atoms with Gasteiger partial charge in [-0.2, -0.15) is 0 Å². The van der Waals surface area contributed by atoms with E-state index in [2.05, 4.69) is 50.4 Å². The SMILES string of the molecule is CCC1(C(=O)N(C)Cc2ccc(C(C)C)cc2)CCNC1. The molecule has 1 atom stereocenters. The maximum Gasteiger partial charge on any atom is 0.230 e. The van der Waals surface area contributed by atoms with Gasteiger partial charge in [-0.1, -0.05) is 45.0 Å². The molecule has 0 radical (unpaired) electrons. The van der Waals surface area contributed by atoms with Crippen LogP contribution in [0.2, 0.25) is 0 Å². The summed E-state index contributed by atoms with van der Waals surface area (Å²) in [6, 6.07) is 8.63. The molecule has 21 heavy (non-hydrogen) atoms. The lowest BCUT2D eigenvalue weighted by atomic mass is 9.82. The molecule has 0 spiro atoms. The molecule has 0 saturated carbocycles. The molecule has 0 aromatic heterocycles. The van der Waals surface area contributed by atoms with E-state index in [0.717, 1.165) is 25.9 Å². The molecular weight excluding hydrogens is 260 g/mol. The summed E-state index contributed by atoms with van der Waals surface area (Å²) in [6.45, 7) is 8.98. The number of hydrogen-bond acceptors (Lipinski definition) is 2. The second-order valence-electron chi connectivity index (χ2n) is 6.62. The van der Waals surface area contributed by atoms with E-state index in [1.165, 1.54) is 11.1 Å². The Kier molecular flexibility index (Phi) is 5.04. The lowest BCUT2D eigenvalue weighted by Crippen LogP contribution is -2.42. The average molecular weight is 288 g/mol. The molecule has 1 heterocycles. The van der Waals surface area contributed by atoms with Crippen LogP contribution in [0.1, 0.15) is 50.7 Å². The molecule has 1 fully saturated rings. The molecule has 1 amide bonds. The molecule has 1 aromatic rings. The Morgan fingerprint density at radius 3 is 2.48 bits per heavy atom. The first-order chi connectivity index (χ1) is 9.98. The Hall–Kier alpha value is -1.35. The Labute approximate surface area is 128 Å². The van der Waals surface area contributed by atoms with Crippen LogP contribution in [-0.4, -0.2) is 30.9 Å². The molecule has 1 unspecified atom stereocenters. The predicted octanol–water partition coefficient (Wildman–Crippen LogP) is 3.16. The van der Waals surface area contributed by atoms with E-state index in [-0.39, 0.29) is 11.3 Å². The topological polar surface area (TPSA) is 32.3 Å². The van der Waals surface area contributed by atoms with Crippen LogP contribution < -0.4 is 5.32 Å². The van der Waals surface area contributed by atoms with Crippen molar-refractivity contribution in [1.82, 2.24) is 10.2 Å². The van der Waals surface area contributed by atoms with Crippen molar-refractivity contribution in [3.8, 4) is 0 Å². The van der Waals surface area contributed by atoms with Gasteiger partial charge in [0.05, 0.1) is 5.41 Å². The van der Waals surface area contributed by atoms with Gasteiger partial charge in [0.1, 0.15) is 0 Å². The van der Waals surface area contributed by atoms with Crippen LogP contribution in [0.4, 0.5) is 0 Å². The van der Waals surface area contributed by atoms with Gasteiger partial charge in [-0.05, 0) is 36.4 Å². The third-order valence-electron chi connectivity index (χ3n) is 4.79. The monoisotopic (exact) mass is 288 g/mol. The largest absolute Gasteiger partial charge is 0.341 e. The standard InChI is InChI=1S/C18H28N2O/c1-5-18(10-11-19-13-18)17(21)20(4)12-15-6-8-16(9-7-15)14(2)3/h6-9,14,19H,5,10-13H2,1-4H3. The molecule has 0 bridgehead atoms. The van der Waals surface area contributed by atoms with Crippen LogP contribution in [0.5, 0.6) is 0 Å². The normalized spacial score (nSPS) is 21.8. The lowest BCUT2D eigenvalue weighted by Gasteiger charge is -2.31. The first-order valence-electron chi connectivity index (χ1n) is 8.03. The molecule has 1 saturated heterocycles. The summed E-state index contributed by atoms with van der Waals surface area (Å²) in [5, 5.41) is 3.34. The molecule has 1 aromatic carbocycles. The van der Waals surface area contributed by atoms with Crippen LogP contribution in [0.15, 0.2) is 24.3 Å². The van der Waals surface area contributed by atoms with Crippen molar-refractivity contribution >= 4 is 5.91 Å². The van der Waals surface area contributed by atoms with Crippen molar-refractivity contribution in [2.45, 2.75) is 46.1 Å². The molecule has 1 aliphatic heterocycles. The van der Waals surface area contributed by atoms with Gasteiger partial charge in [-0.3, -0.25) is 4.79 Å². The Balaban J connectivity index is 2.03. The molecule has 116 valence electrons. The molecule has 3 heteroatoms. The number of nitrogens with zero attached hydrogens (tertiary/aromatic N) is 1. The number of nitrogens with one attached hydrogen (secondary N) is 1. The number of hydrogen-bond donors (Lipinski definition) is 1. The summed E-state index contributed by atoms with van der Waals surface area (Å²) < 4.78 is 0. The van der Waals surface area contributed by atoms with Gasteiger partial charge >= 0.3 is 0 Å². The zero-order valence-electron chi connectivity index (χ0n) is 13.8. The van der Waals surface area contributed by atoms with Gasteiger partial charge in [0.15, 0.2) is 0 Å². The molecule has 1 N–H and O–H groups in total. The predicted molar refractivity (Wildman–Crippen MR) is 87.2 cm³/mol. The van der Waals surface area contributed by atoms with Gasteiger partial charge in [0, 0.05) is 20.1 Å². The molecular formula is C18H28N2O. The van der Waals surface area contributed by atoms with Crippen molar-refractivity contribution in [1.29, 1.82) is 0 Å². The highest BCUT2D eigenvalue weighted by atomic mass is 16.2. The summed E-state index contributed by atoms with van der Waals surface area (Å²) in [7, 11) is 1.93.